The third-order valence-electron chi connectivity index (χ3n) is 3.58. The number of hydrogen-bond donors (Lipinski definition) is 1. The molecular formula is C11H20ClN3O3S. The summed E-state index contributed by atoms with van der Waals surface area (Å²) in [7, 11) is -3.52. The van der Waals surface area contributed by atoms with E-state index in [-0.39, 0.29) is 22.7 Å². The summed E-state index contributed by atoms with van der Waals surface area (Å²) in [4.78, 5) is 0.198. The molecule has 0 radical (unpaired) electrons. The van der Waals surface area contributed by atoms with Crippen LogP contribution in [0.25, 0.3) is 0 Å². The van der Waals surface area contributed by atoms with E-state index in [0.29, 0.717) is 31.1 Å². The average molecular weight is 310 g/mol. The zero-order valence-electron chi connectivity index (χ0n) is 11.3. The van der Waals surface area contributed by atoms with Gasteiger partial charge in [-0.15, -0.1) is 12.4 Å². The Bertz CT molecular complexity index is 538. The van der Waals surface area contributed by atoms with Gasteiger partial charge in [0.2, 0.25) is 10.0 Å². The minimum atomic E-state index is -3.52. The zero-order valence-corrected chi connectivity index (χ0v) is 13.0. The third kappa shape index (κ3) is 2.79. The maximum Gasteiger partial charge on any atom is 0.248 e. The lowest BCUT2D eigenvalue weighted by Crippen LogP contribution is -2.34. The second-order valence-electron chi connectivity index (χ2n) is 5.26. The predicted molar refractivity (Wildman–Crippen MR) is 73.8 cm³/mol. The zero-order chi connectivity index (χ0) is 13.6. The van der Waals surface area contributed by atoms with Crippen molar-refractivity contribution in [3.63, 3.8) is 0 Å². The Morgan fingerprint density at radius 3 is 2.53 bits per heavy atom. The van der Waals surface area contributed by atoms with Crippen molar-refractivity contribution < 1.29 is 12.9 Å². The first kappa shape index (κ1) is 16.4. The van der Waals surface area contributed by atoms with E-state index in [2.05, 4.69) is 5.16 Å². The molecule has 1 aromatic rings. The highest BCUT2D eigenvalue weighted by Crippen LogP contribution is 2.34. The van der Waals surface area contributed by atoms with E-state index >= 15 is 0 Å². The summed E-state index contributed by atoms with van der Waals surface area (Å²) in [5, 5.41) is 3.70. The molecule has 0 aliphatic carbocycles. The molecule has 19 heavy (non-hydrogen) atoms. The molecule has 8 heteroatoms. The van der Waals surface area contributed by atoms with Crippen molar-refractivity contribution in [2.45, 2.75) is 32.1 Å². The molecule has 1 aromatic heterocycles. The fourth-order valence-corrected chi connectivity index (χ4v) is 4.20. The largest absolute Gasteiger partial charge is 0.360 e. The van der Waals surface area contributed by atoms with Crippen molar-refractivity contribution in [3.05, 3.63) is 11.5 Å². The van der Waals surface area contributed by atoms with E-state index in [0.717, 1.165) is 6.42 Å². The number of aromatic nitrogens is 1. The highest BCUT2D eigenvalue weighted by atomic mass is 35.5. The number of nitrogens with zero attached hydrogens (tertiary/aromatic N) is 2. The van der Waals surface area contributed by atoms with Crippen LogP contribution < -0.4 is 5.73 Å². The molecule has 110 valence electrons. The number of hydrogen-bond acceptors (Lipinski definition) is 5. The molecule has 1 aliphatic heterocycles. The number of rotatable bonds is 3. The Morgan fingerprint density at radius 2 is 2.11 bits per heavy atom. The van der Waals surface area contributed by atoms with Gasteiger partial charge in [-0.25, -0.2) is 8.42 Å². The molecule has 2 heterocycles. The first-order valence-electron chi connectivity index (χ1n) is 5.93. The van der Waals surface area contributed by atoms with Crippen LogP contribution in [0.4, 0.5) is 0 Å². The van der Waals surface area contributed by atoms with Crippen LogP contribution in [0.3, 0.4) is 0 Å². The fourth-order valence-electron chi connectivity index (χ4n) is 2.32. The van der Waals surface area contributed by atoms with Gasteiger partial charge in [0.1, 0.15) is 10.6 Å². The van der Waals surface area contributed by atoms with Crippen LogP contribution in [0.15, 0.2) is 9.42 Å². The lowest BCUT2D eigenvalue weighted by atomic mass is 9.90. The van der Waals surface area contributed by atoms with Gasteiger partial charge >= 0.3 is 0 Å². The Hall–Kier alpha value is -0.630. The van der Waals surface area contributed by atoms with E-state index in [1.807, 2.05) is 6.92 Å². The SMILES string of the molecule is Cc1noc(C)c1S(=O)(=O)N1CCC(C)(CN)C1.Cl. The maximum atomic E-state index is 12.5. The molecule has 2 N–H and O–H groups in total. The number of sulfonamides is 1. The summed E-state index contributed by atoms with van der Waals surface area (Å²) in [6.45, 7) is 6.71. The highest BCUT2D eigenvalue weighted by molar-refractivity contribution is 7.89. The summed E-state index contributed by atoms with van der Waals surface area (Å²) in [6.07, 6.45) is 0.784. The fraction of sp³-hybridized carbons (Fsp3) is 0.727. The molecule has 2 rings (SSSR count). The number of nitrogens with two attached hydrogens (primary N) is 1. The van der Waals surface area contributed by atoms with Gasteiger partial charge in [0.25, 0.3) is 0 Å². The topological polar surface area (TPSA) is 89.4 Å². The first-order valence-corrected chi connectivity index (χ1v) is 7.37. The summed E-state index contributed by atoms with van der Waals surface area (Å²) in [5.74, 6) is 0.342. The quantitative estimate of drug-likeness (QED) is 0.902. The first-order chi connectivity index (χ1) is 8.30. The Balaban J connectivity index is 0.00000180. The van der Waals surface area contributed by atoms with Gasteiger partial charge in [-0.05, 0) is 32.2 Å². The third-order valence-corrected chi connectivity index (χ3v) is 5.67. The van der Waals surface area contributed by atoms with Crippen molar-refractivity contribution in [3.8, 4) is 0 Å². The van der Waals surface area contributed by atoms with Crippen LogP contribution in [0, 0.1) is 19.3 Å². The second-order valence-corrected chi connectivity index (χ2v) is 7.13. The van der Waals surface area contributed by atoms with Crippen LogP contribution in [0.2, 0.25) is 0 Å². The minimum absolute atomic E-state index is 0. The van der Waals surface area contributed by atoms with E-state index in [1.54, 1.807) is 13.8 Å². The van der Waals surface area contributed by atoms with Gasteiger partial charge < -0.3 is 10.3 Å². The molecule has 1 atom stereocenters. The van der Waals surface area contributed by atoms with Gasteiger partial charge in [0, 0.05) is 13.1 Å². The Kier molecular flexibility index (Phi) is 4.66. The highest BCUT2D eigenvalue weighted by Gasteiger charge is 2.41. The molecule has 0 saturated carbocycles. The minimum Gasteiger partial charge on any atom is -0.360 e. The molecule has 0 spiro atoms. The van der Waals surface area contributed by atoms with Crippen molar-refractivity contribution in [2.24, 2.45) is 11.1 Å². The normalized spacial score (nSPS) is 24.4. The molecule has 1 saturated heterocycles. The standard InChI is InChI=1S/C11H19N3O3S.ClH/c1-8-10(9(2)17-13-8)18(15,16)14-5-4-11(3,6-12)7-14;/h4-7,12H2,1-3H3;1H. The maximum absolute atomic E-state index is 12.5. The molecule has 1 aliphatic rings. The number of aryl methyl sites for hydroxylation is 2. The summed E-state index contributed by atoms with van der Waals surface area (Å²) >= 11 is 0. The lowest BCUT2D eigenvalue weighted by molar-refractivity contribution is 0.349. The molecular weight excluding hydrogens is 290 g/mol. The van der Waals surface area contributed by atoms with Crippen molar-refractivity contribution >= 4 is 22.4 Å². The summed E-state index contributed by atoms with van der Waals surface area (Å²) in [5.41, 5.74) is 5.98. The van der Waals surface area contributed by atoms with Crippen molar-refractivity contribution in [1.29, 1.82) is 0 Å². The van der Waals surface area contributed by atoms with Crippen LogP contribution in [0.1, 0.15) is 24.8 Å². The van der Waals surface area contributed by atoms with Crippen molar-refractivity contribution in [1.82, 2.24) is 9.46 Å². The average Bonchev–Trinajstić information content (AvgIpc) is 2.84. The monoisotopic (exact) mass is 309 g/mol. The summed E-state index contributed by atoms with van der Waals surface area (Å²) < 4.78 is 31.5. The Morgan fingerprint density at radius 1 is 1.47 bits per heavy atom. The molecule has 1 unspecified atom stereocenters. The van der Waals surface area contributed by atoms with E-state index in [1.165, 1.54) is 4.31 Å². The molecule has 0 aromatic carbocycles. The van der Waals surface area contributed by atoms with Gasteiger partial charge in [0.05, 0.1) is 0 Å². The van der Waals surface area contributed by atoms with E-state index in [9.17, 15) is 8.42 Å². The number of halogens is 1. The van der Waals surface area contributed by atoms with Crippen LogP contribution >= 0.6 is 12.4 Å². The van der Waals surface area contributed by atoms with Crippen molar-refractivity contribution in [2.75, 3.05) is 19.6 Å². The molecule has 0 bridgehead atoms. The van der Waals surface area contributed by atoms with E-state index in [4.69, 9.17) is 10.3 Å². The van der Waals surface area contributed by atoms with Gasteiger partial charge in [-0.3, -0.25) is 0 Å². The van der Waals surface area contributed by atoms with Crippen LogP contribution in [-0.4, -0.2) is 37.5 Å². The van der Waals surface area contributed by atoms with Crippen LogP contribution in [-0.2, 0) is 10.0 Å². The predicted octanol–water partition coefficient (Wildman–Crippen LogP) is 1.07. The van der Waals surface area contributed by atoms with Crippen LogP contribution in [0.5, 0.6) is 0 Å². The molecule has 1 fully saturated rings. The lowest BCUT2D eigenvalue weighted by Gasteiger charge is -2.22. The Labute approximate surface area is 119 Å². The second kappa shape index (κ2) is 5.40. The molecule has 0 amide bonds. The summed E-state index contributed by atoms with van der Waals surface area (Å²) in [6, 6.07) is 0. The smallest absolute Gasteiger partial charge is 0.248 e. The van der Waals surface area contributed by atoms with E-state index < -0.39 is 10.0 Å². The molecule has 6 nitrogen and oxygen atoms in total. The van der Waals surface area contributed by atoms with Gasteiger partial charge in [0.15, 0.2) is 5.76 Å². The van der Waals surface area contributed by atoms with Gasteiger partial charge in [-0.2, -0.15) is 4.31 Å². The van der Waals surface area contributed by atoms with Gasteiger partial charge in [-0.1, -0.05) is 12.1 Å².